The van der Waals surface area contributed by atoms with Crippen LogP contribution in [0, 0.1) is 0 Å². The Labute approximate surface area is 118 Å². The van der Waals surface area contributed by atoms with Crippen molar-refractivity contribution in [1.29, 1.82) is 0 Å². The number of anilines is 1. The highest BCUT2D eigenvalue weighted by Crippen LogP contribution is 2.16. The summed E-state index contributed by atoms with van der Waals surface area (Å²) in [5.41, 5.74) is 0.937. The lowest BCUT2D eigenvalue weighted by Crippen LogP contribution is -2.51. The van der Waals surface area contributed by atoms with Gasteiger partial charge in [0.1, 0.15) is 12.4 Å². The lowest BCUT2D eigenvalue weighted by atomic mass is 10.2. The monoisotopic (exact) mass is 276 g/mol. The predicted octanol–water partition coefficient (Wildman–Crippen LogP) is 0.704. The highest BCUT2D eigenvalue weighted by atomic mass is 16.2. The second-order valence-corrected chi connectivity index (χ2v) is 4.94. The first-order valence-corrected chi connectivity index (χ1v) is 6.81. The molecule has 1 fully saturated rings. The minimum absolute atomic E-state index is 0.0302. The molecule has 20 heavy (non-hydrogen) atoms. The van der Waals surface area contributed by atoms with Gasteiger partial charge in [-0.15, -0.1) is 0 Å². The van der Waals surface area contributed by atoms with Gasteiger partial charge in [-0.3, -0.25) is 9.59 Å². The summed E-state index contributed by atoms with van der Waals surface area (Å²) in [5.74, 6) is 0.725. The Morgan fingerprint density at radius 2 is 2.10 bits per heavy atom. The zero-order chi connectivity index (χ0) is 14.5. The van der Waals surface area contributed by atoms with Crippen molar-refractivity contribution in [2.75, 3.05) is 32.0 Å². The van der Waals surface area contributed by atoms with Crippen LogP contribution >= 0.6 is 0 Å². The first kappa shape index (κ1) is 14.3. The van der Waals surface area contributed by atoms with Gasteiger partial charge >= 0.3 is 0 Å². The number of nitrogens with one attached hydrogen (secondary N) is 1. The standard InChI is InChI=1S/C14H20N4O2/c1-3-6-15-14-11(5-4-7-16-14)8-18-10-12(19)17(2)9-13(18)20/h4-5,7H,3,6,8-10H2,1-2H3,(H,15,16). The van der Waals surface area contributed by atoms with E-state index in [0.717, 1.165) is 24.3 Å². The summed E-state index contributed by atoms with van der Waals surface area (Å²) in [7, 11) is 1.65. The van der Waals surface area contributed by atoms with Crippen LogP contribution in [-0.2, 0) is 16.1 Å². The van der Waals surface area contributed by atoms with Crippen molar-refractivity contribution in [3.05, 3.63) is 23.9 Å². The van der Waals surface area contributed by atoms with Crippen LogP contribution in [0.2, 0.25) is 0 Å². The van der Waals surface area contributed by atoms with E-state index < -0.39 is 0 Å². The Morgan fingerprint density at radius 1 is 1.30 bits per heavy atom. The van der Waals surface area contributed by atoms with Crippen molar-refractivity contribution in [1.82, 2.24) is 14.8 Å². The molecule has 0 aliphatic carbocycles. The van der Waals surface area contributed by atoms with E-state index in [1.165, 1.54) is 4.90 Å². The average molecular weight is 276 g/mol. The van der Waals surface area contributed by atoms with Crippen LogP contribution in [0.5, 0.6) is 0 Å². The summed E-state index contributed by atoms with van der Waals surface area (Å²) < 4.78 is 0. The molecule has 2 heterocycles. The van der Waals surface area contributed by atoms with E-state index in [2.05, 4.69) is 17.2 Å². The minimum Gasteiger partial charge on any atom is -0.370 e. The van der Waals surface area contributed by atoms with E-state index in [9.17, 15) is 9.59 Å². The smallest absolute Gasteiger partial charge is 0.242 e. The number of carbonyl (C=O) groups excluding carboxylic acids is 2. The van der Waals surface area contributed by atoms with Gasteiger partial charge < -0.3 is 15.1 Å². The van der Waals surface area contributed by atoms with E-state index >= 15 is 0 Å². The second kappa shape index (κ2) is 6.36. The molecule has 1 aliphatic heterocycles. The Hall–Kier alpha value is -2.11. The first-order chi connectivity index (χ1) is 9.61. The van der Waals surface area contributed by atoms with Crippen LogP contribution in [0.3, 0.4) is 0 Å². The summed E-state index contributed by atoms with van der Waals surface area (Å²) in [4.78, 5) is 31.0. The molecular weight excluding hydrogens is 256 g/mol. The van der Waals surface area contributed by atoms with E-state index in [4.69, 9.17) is 0 Å². The molecule has 6 heteroatoms. The highest BCUT2D eigenvalue weighted by molar-refractivity contribution is 5.92. The lowest BCUT2D eigenvalue weighted by Gasteiger charge is -2.32. The third-order valence-corrected chi connectivity index (χ3v) is 3.27. The van der Waals surface area contributed by atoms with Gasteiger partial charge in [0.25, 0.3) is 0 Å². The maximum atomic E-state index is 12.0. The third-order valence-electron chi connectivity index (χ3n) is 3.27. The Bertz CT molecular complexity index is 504. The zero-order valence-electron chi connectivity index (χ0n) is 11.9. The van der Waals surface area contributed by atoms with Crippen LogP contribution in [-0.4, -0.2) is 53.3 Å². The fourth-order valence-electron chi connectivity index (χ4n) is 2.08. The molecule has 0 radical (unpaired) electrons. The summed E-state index contributed by atoms with van der Waals surface area (Å²) in [6.07, 6.45) is 2.72. The van der Waals surface area contributed by atoms with Gasteiger partial charge in [-0.2, -0.15) is 0 Å². The Morgan fingerprint density at radius 3 is 2.85 bits per heavy atom. The summed E-state index contributed by atoms with van der Waals surface area (Å²) in [6, 6.07) is 3.77. The van der Waals surface area contributed by atoms with Gasteiger partial charge in [-0.05, 0) is 12.5 Å². The molecule has 6 nitrogen and oxygen atoms in total. The van der Waals surface area contributed by atoms with Crippen LogP contribution in [0.1, 0.15) is 18.9 Å². The molecule has 0 aromatic carbocycles. The average Bonchev–Trinajstić information content (AvgIpc) is 2.44. The quantitative estimate of drug-likeness (QED) is 0.860. The fraction of sp³-hybridized carbons (Fsp3) is 0.500. The number of aromatic nitrogens is 1. The molecule has 1 aliphatic rings. The number of nitrogens with zero attached hydrogens (tertiary/aromatic N) is 3. The summed E-state index contributed by atoms with van der Waals surface area (Å²) in [5, 5.41) is 3.24. The number of piperazine rings is 1. The van der Waals surface area contributed by atoms with Crippen molar-refractivity contribution in [2.45, 2.75) is 19.9 Å². The molecule has 1 aromatic rings. The topological polar surface area (TPSA) is 65.5 Å². The molecule has 0 unspecified atom stereocenters. The number of hydrogen-bond donors (Lipinski definition) is 1. The Balaban J connectivity index is 2.09. The SMILES string of the molecule is CCCNc1ncccc1CN1CC(=O)N(C)CC1=O. The highest BCUT2D eigenvalue weighted by Gasteiger charge is 2.27. The zero-order valence-corrected chi connectivity index (χ0v) is 11.9. The molecule has 0 atom stereocenters. The number of carbonyl (C=O) groups is 2. The number of likely N-dealkylation sites (N-methyl/N-ethyl adjacent to an activating group) is 1. The molecule has 2 rings (SSSR count). The molecule has 2 amide bonds. The normalized spacial score (nSPS) is 15.7. The van der Waals surface area contributed by atoms with Crippen molar-refractivity contribution in [2.24, 2.45) is 0 Å². The molecule has 1 saturated heterocycles. The Kier molecular flexibility index (Phi) is 4.55. The van der Waals surface area contributed by atoms with Gasteiger partial charge in [-0.1, -0.05) is 13.0 Å². The largest absolute Gasteiger partial charge is 0.370 e. The van der Waals surface area contributed by atoms with Gasteiger partial charge in [-0.25, -0.2) is 4.98 Å². The molecule has 1 N–H and O–H groups in total. The lowest BCUT2D eigenvalue weighted by molar-refractivity contribution is -0.149. The maximum Gasteiger partial charge on any atom is 0.242 e. The molecule has 0 saturated carbocycles. The van der Waals surface area contributed by atoms with Gasteiger partial charge in [0, 0.05) is 31.9 Å². The number of rotatable bonds is 5. The van der Waals surface area contributed by atoms with E-state index in [1.807, 2.05) is 12.1 Å². The number of amides is 2. The van der Waals surface area contributed by atoms with E-state index in [-0.39, 0.29) is 24.9 Å². The van der Waals surface area contributed by atoms with Crippen LogP contribution < -0.4 is 5.32 Å². The van der Waals surface area contributed by atoms with Crippen LogP contribution in [0.4, 0.5) is 5.82 Å². The molecule has 1 aromatic heterocycles. The van der Waals surface area contributed by atoms with Crippen LogP contribution in [0.15, 0.2) is 18.3 Å². The van der Waals surface area contributed by atoms with Crippen LogP contribution in [0.25, 0.3) is 0 Å². The summed E-state index contributed by atoms with van der Waals surface area (Å²) >= 11 is 0. The van der Waals surface area contributed by atoms with Crippen molar-refractivity contribution < 1.29 is 9.59 Å². The van der Waals surface area contributed by atoms with Crippen molar-refractivity contribution >= 4 is 17.6 Å². The molecular formula is C14H20N4O2. The van der Waals surface area contributed by atoms with Crippen molar-refractivity contribution in [3.8, 4) is 0 Å². The van der Waals surface area contributed by atoms with Gasteiger partial charge in [0.05, 0.1) is 6.54 Å². The predicted molar refractivity (Wildman–Crippen MR) is 76.1 cm³/mol. The molecule has 108 valence electrons. The second-order valence-electron chi connectivity index (χ2n) is 4.94. The van der Waals surface area contributed by atoms with E-state index in [0.29, 0.717) is 6.54 Å². The number of hydrogen-bond acceptors (Lipinski definition) is 4. The third kappa shape index (κ3) is 3.26. The van der Waals surface area contributed by atoms with E-state index in [1.54, 1.807) is 18.1 Å². The van der Waals surface area contributed by atoms with Crippen molar-refractivity contribution in [3.63, 3.8) is 0 Å². The molecule has 0 bridgehead atoms. The van der Waals surface area contributed by atoms with Gasteiger partial charge in [0.2, 0.25) is 11.8 Å². The summed E-state index contributed by atoms with van der Waals surface area (Å²) in [6.45, 7) is 3.62. The van der Waals surface area contributed by atoms with Gasteiger partial charge in [0.15, 0.2) is 0 Å². The minimum atomic E-state index is -0.0310. The molecule has 0 spiro atoms. The first-order valence-electron chi connectivity index (χ1n) is 6.81. The fourth-order valence-corrected chi connectivity index (χ4v) is 2.08. The number of pyridine rings is 1. The maximum absolute atomic E-state index is 12.0.